The minimum absolute atomic E-state index is 0.0743. The Kier molecular flexibility index (Phi) is 4.76. The second kappa shape index (κ2) is 6.30. The van der Waals surface area contributed by atoms with E-state index in [0.29, 0.717) is 17.1 Å². The maximum Gasteiger partial charge on any atom is 0.308 e. The number of rotatable bonds is 4. The van der Waals surface area contributed by atoms with Gasteiger partial charge in [-0.25, -0.2) is 0 Å². The van der Waals surface area contributed by atoms with E-state index < -0.39 is 5.97 Å². The van der Waals surface area contributed by atoms with Crippen molar-refractivity contribution in [3.8, 4) is 17.6 Å². The standard InChI is InChI=1S/C13H13NO4/c1-9(15)18-11(8-14)6-10-4-5-12(16-2)13(7-10)17-3/h4-7H,1-3H3. The Balaban J connectivity index is 3.07. The zero-order valence-corrected chi connectivity index (χ0v) is 10.4. The van der Waals surface area contributed by atoms with Crippen LogP contribution in [0.25, 0.3) is 6.08 Å². The van der Waals surface area contributed by atoms with Crippen LogP contribution in [0.5, 0.6) is 11.5 Å². The SMILES string of the molecule is COc1ccc(C=C(C#N)OC(C)=O)cc1OC. The molecule has 0 amide bonds. The Bertz CT molecular complexity index is 514. The van der Waals surface area contributed by atoms with Gasteiger partial charge in [0.25, 0.3) is 0 Å². The fourth-order valence-electron chi connectivity index (χ4n) is 1.33. The molecule has 0 bridgehead atoms. The Labute approximate surface area is 105 Å². The monoisotopic (exact) mass is 247 g/mol. The number of nitrogens with zero attached hydrogens (tertiary/aromatic N) is 1. The van der Waals surface area contributed by atoms with Gasteiger partial charge in [0.05, 0.1) is 14.2 Å². The van der Waals surface area contributed by atoms with E-state index in [1.54, 1.807) is 24.3 Å². The first-order valence-corrected chi connectivity index (χ1v) is 5.13. The molecule has 18 heavy (non-hydrogen) atoms. The number of esters is 1. The van der Waals surface area contributed by atoms with Gasteiger partial charge in [0.2, 0.25) is 5.76 Å². The Morgan fingerprint density at radius 1 is 1.28 bits per heavy atom. The summed E-state index contributed by atoms with van der Waals surface area (Å²) in [6.07, 6.45) is 1.45. The van der Waals surface area contributed by atoms with Crippen LogP contribution < -0.4 is 9.47 Å². The van der Waals surface area contributed by atoms with Gasteiger partial charge >= 0.3 is 5.97 Å². The number of allylic oxidation sites excluding steroid dienone is 1. The van der Waals surface area contributed by atoms with Gasteiger partial charge in [-0.2, -0.15) is 5.26 Å². The van der Waals surface area contributed by atoms with Crippen LogP contribution >= 0.6 is 0 Å². The Morgan fingerprint density at radius 2 is 1.94 bits per heavy atom. The summed E-state index contributed by atoms with van der Waals surface area (Å²) in [7, 11) is 3.05. The molecule has 5 heteroatoms. The summed E-state index contributed by atoms with van der Waals surface area (Å²) in [6.45, 7) is 1.24. The molecule has 0 spiro atoms. The molecule has 0 saturated carbocycles. The molecule has 0 saturated heterocycles. The van der Waals surface area contributed by atoms with Crippen LogP contribution in [0.2, 0.25) is 0 Å². The van der Waals surface area contributed by atoms with Crippen LogP contribution in [-0.4, -0.2) is 20.2 Å². The van der Waals surface area contributed by atoms with Crippen LogP contribution in [0.1, 0.15) is 12.5 Å². The third kappa shape index (κ3) is 3.52. The zero-order valence-electron chi connectivity index (χ0n) is 10.4. The van der Waals surface area contributed by atoms with E-state index in [1.807, 2.05) is 0 Å². The molecule has 0 aliphatic rings. The lowest BCUT2D eigenvalue weighted by atomic mass is 10.2. The number of hydrogen-bond acceptors (Lipinski definition) is 5. The van der Waals surface area contributed by atoms with E-state index in [0.717, 1.165) is 0 Å². The topological polar surface area (TPSA) is 68.5 Å². The van der Waals surface area contributed by atoms with Crippen LogP contribution in [0.15, 0.2) is 24.0 Å². The lowest BCUT2D eigenvalue weighted by molar-refractivity contribution is -0.136. The second-order valence-electron chi connectivity index (χ2n) is 3.33. The summed E-state index contributed by atoms with van der Waals surface area (Å²) < 4.78 is 14.9. The van der Waals surface area contributed by atoms with Gasteiger partial charge in [0.1, 0.15) is 6.07 Å². The molecule has 1 rings (SSSR count). The molecule has 0 radical (unpaired) electrons. The summed E-state index contributed by atoms with van der Waals surface area (Å²) in [5.41, 5.74) is 0.672. The van der Waals surface area contributed by atoms with Crippen LogP contribution in [-0.2, 0) is 9.53 Å². The van der Waals surface area contributed by atoms with Crippen molar-refractivity contribution in [2.45, 2.75) is 6.92 Å². The number of ether oxygens (including phenoxy) is 3. The molecule has 0 heterocycles. The van der Waals surface area contributed by atoms with Crippen molar-refractivity contribution in [1.29, 1.82) is 5.26 Å². The number of carbonyl (C=O) groups is 1. The van der Waals surface area contributed by atoms with E-state index in [9.17, 15) is 4.79 Å². The molecule has 1 aromatic rings. The highest BCUT2D eigenvalue weighted by atomic mass is 16.5. The number of carbonyl (C=O) groups excluding carboxylic acids is 1. The van der Waals surface area contributed by atoms with E-state index in [-0.39, 0.29) is 5.76 Å². The summed E-state index contributed by atoms with van der Waals surface area (Å²) >= 11 is 0. The first kappa shape index (κ1) is 13.6. The molecule has 0 fully saturated rings. The first-order valence-electron chi connectivity index (χ1n) is 5.13. The Morgan fingerprint density at radius 3 is 2.44 bits per heavy atom. The first-order chi connectivity index (χ1) is 8.60. The molecular formula is C13H13NO4. The highest BCUT2D eigenvalue weighted by molar-refractivity contribution is 5.70. The van der Waals surface area contributed by atoms with E-state index >= 15 is 0 Å². The molecule has 0 atom stereocenters. The van der Waals surface area contributed by atoms with Crippen molar-refractivity contribution in [3.05, 3.63) is 29.5 Å². The normalized spacial score (nSPS) is 10.4. The molecule has 0 aliphatic carbocycles. The number of hydrogen-bond donors (Lipinski definition) is 0. The quantitative estimate of drug-likeness (QED) is 0.463. The molecule has 0 N–H and O–H groups in total. The average molecular weight is 247 g/mol. The maximum absolute atomic E-state index is 10.8. The van der Waals surface area contributed by atoms with Crippen molar-refractivity contribution in [1.82, 2.24) is 0 Å². The maximum atomic E-state index is 10.8. The van der Waals surface area contributed by atoms with Gasteiger partial charge < -0.3 is 14.2 Å². The fourth-order valence-corrected chi connectivity index (χ4v) is 1.33. The Hall–Kier alpha value is -2.48. The second-order valence-corrected chi connectivity index (χ2v) is 3.33. The summed E-state index contributed by atoms with van der Waals surface area (Å²) in [6, 6.07) is 6.90. The summed E-state index contributed by atoms with van der Waals surface area (Å²) in [5, 5.41) is 8.81. The predicted octanol–water partition coefficient (Wildman–Crippen LogP) is 2.13. The highest BCUT2D eigenvalue weighted by Gasteiger charge is 2.05. The van der Waals surface area contributed by atoms with Crippen molar-refractivity contribution < 1.29 is 19.0 Å². The van der Waals surface area contributed by atoms with E-state index in [2.05, 4.69) is 0 Å². The molecular weight excluding hydrogens is 234 g/mol. The largest absolute Gasteiger partial charge is 0.493 e. The summed E-state index contributed by atoms with van der Waals surface area (Å²) in [4.78, 5) is 10.8. The van der Waals surface area contributed by atoms with Gasteiger partial charge in [-0.05, 0) is 23.8 Å². The molecule has 0 unspecified atom stereocenters. The van der Waals surface area contributed by atoms with Crippen LogP contribution in [0.4, 0.5) is 0 Å². The lowest BCUT2D eigenvalue weighted by Crippen LogP contribution is -1.97. The fraction of sp³-hybridized carbons (Fsp3) is 0.231. The van der Waals surface area contributed by atoms with Crippen molar-refractivity contribution in [3.63, 3.8) is 0 Å². The van der Waals surface area contributed by atoms with Crippen molar-refractivity contribution in [2.24, 2.45) is 0 Å². The van der Waals surface area contributed by atoms with E-state index in [1.165, 1.54) is 27.2 Å². The predicted molar refractivity (Wildman–Crippen MR) is 64.9 cm³/mol. The minimum atomic E-state index is -0.539. The van der Waals surface area contributed by atoms with Gasteiger partial charge in [0.15, 0.2) is 11.5 Å². The molecule has 0 aliphatic heterocycles. The van der Waals surface area contributed by atoms with Gasteiger partial charge in [-0.15, -0.1) is 0 Å². The number of nitriles is 1. The smallest absolute Gasteiger partial charge is 0.308 e. The average Bonchev–Trinajstić information content (AvgIpc) is 2.37. The van der Waals surface area contributed by atoms with Crippen LogP contribution in [0, 0.1) is 11.3 Å². The van der Waals surface area contributed by atoms with Gasteiger partial charge in [-0.3, -0.25) is 4.79 Å². The number of methoxy groups -OCH3 is 2. The third-order valence-corrected chi connectivity index (χ3v) is 2.07. The molecule has 1 aromatic carbocycles. The van der Waals surface area contributed by atoms with Gasteiger partial charge in [0, 0.05) is 6.92 Å². The molecule has 5 nitrogen and oxygen atoms in total. The minimum Gasteiger partial charge on any atom is -0.493 e. The van der Waals surface area contributed by atoms with Gasteiger partial charge in [-0.1, -0.05) is 6.07 Å². The third-order valence-electron chi connectivity index (χ3n) is 2.07. The lowest BCUT2D eigenvalue weighted by Gasteiger charge is -2.07. The summed E-state index contributed by atoms with van der Waals surface area (Å²) in [5.74, 6) is 0.505. The van der Waals surface area contributed by atoms with Crippen molar-refractivity contribution in [2.75, 3.05) is 14.2 Å². The molecule has 0 aromatic heterocycles. The van der Waals surface area contributed by atoms with Crippen LogP contribution in [0.3, 0.4) is 0 Å². The molecule has 94 valence electrons. The van der Waals surface area contributed by atoms with E-state index in [4.69, 9.17) is 19.5 Å². The van der Waals surface area contributed by atoms with Crippen molar-refractivity contribution >= 4 is 12.0 Å². The highest BCUT2D eigenvalue weighted by Crippen LogP contribution is 2.28. The zero-order chi connectivity index (χ0) is 13.5. The number of benzene rings is 1.